The predicted octanol–water partition coefficient (Wildman–Crippen LogP) is 2.24. The second-order valence-electron chi connectivity index (χ2n) is 3.00. The lowest BCUT2D eigenvalue weighted by atomic mass is 10.6. The van der Waals surface area contributed by atoms with E-state index in [2.05, 4.69) is 0 Å². The van der Waals surface area contributed by atoms with Gasteiger partial charge in [0.1, 0.15) is 0 Å². The molecule has 0 N–H and O–H groups in total. The number of carbonyl (C=O) groups excluding carboxylic acids is 1. The van der Waals surface area contributed by atoms with Crippen LogP contribution in [0.1, 0.15) is 34.1 Å². The fourth-order valence-electron chi connectivity index (χ4n) is 1.18. The van der Waals surface area contributed by atoms with Crippen molar-refractivity contribution in [1.82, 2.24) is 0 Å². The van der Waals surface area contributed by atoms with Crippen molar-refractivity contribution in [3.63, 3.8) is 0 Å². The molecule has 16 heavy (non-hydrogen) atoms. The van der Waals surface area contributed by atoms with E-state index in [-0.39, 0.29) is 5.12 Å². The van der Waals surface area contributed by atoms with Crippen LogP contribution < -0.4 is 0 Å². The van der Waals surface area contributed by atoms with Gasteiger partial charge in [0.05, 0.1) is 5.38 Å². The Hall–Kier alpha value is 0.117. The van der Waals surface area contributed by atoms with Crippen LogP contribution >= 0.6 is 11.8 Å². The van der Waals surface area contributed by atoms with Gasteiger partial charge >= 0.3 is 8.80 Å². The summed E-state index contributed by atoms with van der Waals surface area (Å²) >= 11 is 1.25. The van der Waals surface area contributed by atoms with Gasteiger partial charge < -0.3 is 13.3 Å². The summed E-state index contributed by atoms with van der Waals surface area (Å²) in [5.74, 6) is 0. The van der Waals surface area contributed by atoms with Gasteiger partial charge in [0.15, 0.2) is 5.12 Å². The number of carbonyl (C=O) groups is 1. The Labute approximate surface area is 103 Å². The van der Waals surface area contributed by atoms with Gasteiger partial charge in [0.25, 0.3) is 0 Å². The zero-order valence-corrected chi connectivity index (χ0v) is 12.4. The van der Waals surface area contributed by atoms with Crippen molar-refractivity contribution in [2.24, 2.45) is 0 Å². The molecular weight excluding hydrogens is 244 g/mol. The van der Waals surface area contributed by atoms with Crippen LogP contribution in [0.15, 0.2) is 0 Å². The molecule has 0 bridgehead atoms. The highest BCUT2D eigenvalue weighted by Gasteiger charge is 2.41. The Morgan fingerprint density at radius 1 is 1.00 bits per heavy atom. The van der Waals surface area contributed by atoms with Crippen molar-refractivity contribution in [2.75, 3.05) is 25.2 Å². The normalized spacial score (nSPS) is 11.8. The van der Waals surface area contributed by atoms with Crippen LogP contribution in [0, 0.1) is 0 Å². The third-order valence-corrected chi connectivity index (χ3v) is 6.58. The molecule has 0 atom stereocenters. The van der Waals surface area contributed by atoms with E-state index in [1.165, 1.54) is 11.8 Å². The molecule has 0 rings (SSSR count). The van der Waals surface area contributed by atoms with Gasteiger partial charge in [-0.05, 0) is 20.8 Å². The molecule has 0 aromatic rings. The second-order valence-corrected chi connectivity index (χ2v) is 7.13. The lowest BCUT2D eigenvalue weighted by Crippen LogP contribution is -2.49. The molecular formula is C10H22O4SSi. The Morgan fingerprint density at radius 3 is 1.75 bits per heavy atom. The minimum atomic E-state index is -2.63. The van der Waals surface area contributed by atoms with Gasteiger partial charge in [-0.3, -0.25) is 4.79 Å². The van der Waals surface area contributed by atoms with Gasteiger partial charge in [-0.25, -0.2) is 0 Å². The first-order valence-electron chi connectivity index (χ1n) is 5.71. The van der Waals surface area contributed by atoms with E-state index >= 15 is 0 Å². The highest BCUT2D eigenvalue weighted by molar-refractivity contribution is 8.14. The van der Waals surface area contributed by atoms with Crippen molar-refractivity contribution in [3.8, 4) is 0 Å². The summed E-state index contributed by atoms with van der Waals surface area (Å²) in [7, 11) is -2.63. The second kappa shape index (κ2) is 9.18. The fraction of sp³-hybridized carbons (Fsp3) is 0.900. The average Bonchev–Trinajstić information content (AvgIpc) is 2.27. The maximum atomic E-state index is 11.3. The van der Waals surface area contributed by atoms with Gasteiger partial charge in [0.2, 0.25) is 0 Å². The largest absolute Gasteiger partial charge is 0.511 e. The molecule has 0 aliphatic heterocycles. The van der Waals surface area contributed by atoms with Crippen LogP contribution in [-0.4, -0.2) is 39.1 Å². The highest BCUT2D eigenvalue weighted by atomic mass is 32.2. The molecule has 0 heterocycles. The summed E-state index contributed by atoms with van der Waals surface area (Å²) in [5, 5.41) is 0.658. The third kappa shape index (κ3) is 6.00. The van der Waals surface area contributed by atoms with Gasteiger partial charge in [-0.15, -0.1) is 0 Å². The molecule has 0 aliphatic carbocycles. The summed E-state index contributed by atoms with van der Waals surface area (Å²) < 4.78 is 16.9. The molecule has 0 fully saturated rings. The zero-order chi connectivity index (χ0) is 12.4. The van der Waals surface area contributed by atoms with Crippen LogP contribution in [0.5, 0.6) is 0 Å². The highest BCUT2D eigenvalue weighted by Crippen LogP contribution is 2.18. The first-order valence-corrected chi connectivity index (χ1v) is 8.63. The van der Waals surface area contributed by atoms with Gasteiger partial charge in [-0.2, -0.15) is 0 Å². The summed E-state index contributed by atoms with van der Waals surface area (Å²) in [4.78, 5) is 11.3. The van der Waals surface area contributed by atoms with E-state index in [0.717, 1.165) is 0 Å². The summed E-state index contributed by atoms with van der Waals surface area (Å²) in [6, 6.07) is 0. The van der Waals surface area contributed by atoms with Crippen molar-refractivity contribution in [2.45, 2.75) is 34.1 Å². The van der Waals surface area contributed by atoms with E-state index in [1.807, 2.05) is 27.7 Å². The summed E-state index contributed by atoms with van der Waals surface area (Å²) in [5.41, 5.74) is 0. The molecule has 0 radical (unpaired) electrons. The molecule has 0 aliphatic rings. The number of thioether (sulfide) groups is 1. The zero-order valence-electron chi connectivity index (χ0n) is 10.6. The van der Waals surface area contributed by atoms with Gasteiger partial charge in [0, 0.05) is 26.2 Å². The van der Waals surface area contributed by atoms with Crippen LogP contribution in [0.3, 0.4) is 0 Å². The minimum absolute atomic E-state index is 0.149. The van der Waals surface area contributed by atoms with Crippen molar-refractivity contribution >= 4 is 25.7 Å². The van der Waals surface area contributed by atoms with E-state index in [9.17, 15) is 4.79 Å². The van der Waals surface area contributed by atoms with Crippen LogP contribution in [0.25, 0.3) is 0 Å². The number of rotatable bonds is 9. The van der Waals surface area contributed by atoms with E-state index in [1.54, 1.807) is 0 Å². The van der Waals surface area contributed by atoms with E-state index in [4.69, 9.17) is 13.3 Å². The fourth-order valence-corrected chi connectivity index (χ4v) is 5.31. The minimum Gasteiger partial charge on any atom is -0.373 e. The van der Waals surface area contributed by atoms with Crippen LogP contribution in [0.4, 0.5) is 0 Å². The lowest BCUT2D eigenvalue weighted by molar-refractivity contribution is -0.110. The van der Waals surface area contributed by atoms with Crippen LogP contribution in [-0.2, 0) is 18.1 Å². The molecule has 6 heteroatoms. The molecule has 0 unspecified atom stereocenters. The topological polar surface area (TPSA) is 44.8 Å². The number of hydrogen-bond donors (Lipinski definition) is 0. The third-order valence-electron chi connectivity index (χ3n) is 1.79. The maximum absolute atomic E-state index is 11.3. The maximum Gasteiger partial charge on any atom is 0.511 e. The first-order chi connectivity index (χ1) is 7.64. The molecule has 0 amide bonds. The van der Waals surface area contributed by atoms with E-state index in [0.29, 0.717) is 31.6 Å². The Bertz CT molecular complexity index is 184. The van der Waals surface area contributed by atoms with E-state index < -0.39 is 8.80 Å². The Morgan fingerprint density at radius 2 is 1.44 bits per heavy atom. The monoisotopic (exact) mass is 266 g/mol. The summed E-state index contributed by atoms with van der Waals surface area (Å²) in [6.45, 7) is 9.22. The molecule has 0 aromatic carbocycles. The first kappa shape index (κ1) is 16.1. The Balaban J connectivity index is 4.39. The predicted molar refractivity (Wildman–Crippen MR) is 68.4 cm³/mol. The van der Waals surface area contributed by atoms with Crippen molar-refractivity contribution in [3.05, 3.63) is 0 Å². The molecule has 0 aromatic heterocycles. The molecule has 0 spiro atoms. The SMILES string of the molecule is CCO[Si](CSC(=O)CC)(OCC)OCC. The Kier molecular flexibility index (Phi) is 9.25. The number of hydrogen-bond acceptors (Lipinski definition) is 5. The summed E-state index contributed by atoms with van der Waals surface area (Å²) in [6.07, 6.45) is 0.527. The smallest absolute Gasteiger partial charge is 0.373 e. The molecule has 96 valence electrons. The molecule has 4 nitrogen and oxygen atoms in total. The van der Waals surface area contributed by atoms with Crippen molar-refractivity contribution in [1.29, 1.82) is 0 Å². The van der Waals surface area contributed by atoms with Crippen molar-refractivity contribution < 1.29 is 18.1 Å². The van der Waals surface area contributed by atoms with Crippen LogP contribution in [0.2, 0.25) is 0 Å². The average molecular weight is 266 g/mol. The van der Waals surface area contributed by atoms with Gasteiger partial charge in [-0.1, -0.05) is 18.7 Å². The quantitative estimate of drug-likeness (QED) is 0.599. The lowest BCUT2D eigenvalue weighted by Gasteiger charge is -2.27. The molecule has 0 saturated heterocycles. The molecule has 0 saturated carbocycles. The standard InChI is InChI=1S/C10H22O4SSi/c1-5-10(11)15-9-16(12-6-2,13-7-3)14-8-4/h5-9H2,1-4H3.